The number of aliphatic hydroxyl groups is 1. The molecule has 2 saturated heterocycles. The van der Waals surface area contributed by atoms with E-state index in [4.69, 9.17) is 16.3 Å². The Morgan fingerprint density at radius 2 is 2.06 bits per heavy atom. The minimum atomic E-state index is -0.766. The Balaban J connectivity index is 1.36. The number of alkyl halides is 1. The Hall–Kier alpha value is -2.07. The van der Waals surface area contributed by atoms with Crippen molar-refractivity contribution in [1.29, 1.82) is 0 Å². The summed E-state index contributed by atoms with van der Waals surface area (Å²) in [7, 11) is 0. The smallest absolute Gasteiger partial charge is 0.262 e. The highest BCUT2D eigenvalue weighted by molar-refractivity contribution is 7.17. The summed E-state index contributed by atoms with van der Waals surface area (Å²) in [6.45, 7) is 0.479. The van der Waals surface area contributed by atoms with E-state index in [-0.39, 0.29) is 35.8 Å². The lowest BCUT2D eigenvalue weighted by Crippen LogP contribution is -2.55. The summed E-state index contributed by atoms with van der Waals surface area (Å²) in [5.74, 6) is -0.389. The Morgan fingerprint density at radius 3 is 2.82 bits per heavy atom. The molecule has 33 heavy (non-hydrogen) atoms. The van der Waals surface area contributed by atoms with Crippen molar-refractivity contribution in [2.24, 2.45) is 5.92 Å². The number of hydrogen-bond acceptors (Lipinski definition) is 7. The van der Waals surface area contributed by atoms with Gasteiger partial charge >= 0.3 is 0 Å². The molecule has 5 rings (SSSR count). The highest BCUT2D eigenvalue weighted by atomic mass is 35.5. The summed E-state index contributed by atoms with van der Waals surface area (Å²) in [5.41, 5.74) is 0.750. The SMILES string of the molecule is O=C(N[C@H](C(=O)N1C[C@H](Cl)[C@H]2OC[C@H](O)[C@H]21)C1CCCCC1)c1ccc(-c2ccncn2)s1. The molecule has 0 unspecified atom stereocenters. The van der Waals surface area contributed by atoms with Gasteiger partial charge in [0.2, 0.25) is 5.91 Å². The molecule has 2 aromatic heterocycles. The van der Waals surface area contributed by atoms with Crippen molar-refractivity contribution in [3.63, 3.8) is 0 Å². The van der Waals surface area contributed by atoms with Crippen LogP contribution in [-0.4, -0.2) is 74.6 Å². The summed E-state index contributed by atoms with van der Waals surface area (Å²) in [6.07, 6.45) is 6.99. The number of nitrogens with one attached hydrogen (secondary N) is 1. The largest absolute Gasteiger partial charge is 0.388 e. The van der Waals surface area contributed by atoms with Gasteiger partial charge in [0.15, 0.2) is 0 Å². The Kier molecular flexibility index (Phi) is 6.65. The van der Waals surface area contributed by atoms with Crippen LogP contribution < -0.4 is 5.32 Å². The van der Waals surface area contributed by atoms with Crippen LogP contribution in [0.1, 0.15) is 41.8 Å². The molecule has 0 aromatic carbocycles. The first-order chi connectivity index (χ1) is 16.0. The fourth-order valence-electron chi connectivity index (χ4n) is 5.25. The van der Waals surface area contributed by atoms with E-state index in [1.165, 1.54) is 17.7 Å². The molecule has 1 aliphatic carbocycles. The predicted molar refractivity (Wildman–Crippen MR) is 124 cm³/mol. The van der Waals surface area contributed by atoms with Gasteiger partial charge < -0.3 is 20.1 Å². The van der Waals surface area contributed by atoms with Crippen LogP contribution in [0.25, 0.3) is 10.6 Å². The molecule has 10 heteroatoms. The number of aromatic nitrogens is 2. The monoisotopic (exact) mass is 490 g/mol. The van der Waals surface area contributed by atoms with Crippen molar-refractivity contribution in [2.45, 2.75) is 61.8 Å². The second kappa shape index (κ2) is 9.66. The number of hydrogen-bond donors (Lipinski definition) is 2. The average molecular weight is 491 g/mol. The Labute approximate surface area is 201 Å². The van der Waals surface area contributed by atoms with Gasteiger partial charge in [0.1, 0.15) is 18.5 Å². The number of carbonyl (C=O) groups is 2. The number of nitrogens with zero attached hydrogens (tertiary/aromatic N) is 3. The van der Waals surface area contributed by atoms with Gasteiger partial charge in [0.05, 0.1) is 39.6 Å². The number of halogens is 1. The van der Waals surface area contributed by atoms with Crippen molar-refractivity contribution in [1.82, 2.24) is 20.2 Å². The quantitative estimate of drug-likeness (QED) is 0.624. The van der Waals surface area contributed by atoms with E-state index in [0.29, 0.717) is 11.4 Å². The maximum Gasteiger partial charge on any atom is 0.262 e. The van der Waals surface area contributed by atoms with Gasteiger partial charge in [-0.1, -0.05) is 19.3 Å². The lowest BCUT2D eigenvalue weighted by molar-refractivity contribution is -0.137. The molecule has 0 radical (unpaired) electrons. The van der Waals surface area contributed by atoms with Gasteiger partial charge in [-0.15, -0.1) is 22.9 Å². The van der Waals surface area contributed by atoms with Gasteiger partial charge in [0.25, 0.3) is 5.91 Å². The van der Waals surface area contributed by atoms with Crippen LogP contribution in [-0.2, 0) is 9.53 Å². The highest BCUT2D eigenvalue weighted by Crippen LogP contribution is 2.35. The molecule has 8 nitrogen and oxygen atoms in total. The number of carbonyl (C=O) groups excluding carboxylic acids is 2. The first-order valence-electron chi connectivity index (χ1n) is 11.4. The van der Waals surface area contributed by atoms with E-state index >= 15 is 0 Å². The predicted octanol–water partition coefficient (Wildman–Crippen LogP) is 2.46. The Bertz CT molecular complexity index is 999. The van der Waals surface area contributed by atoms with E-state index in [1.807, 2.05) is 6.07 Å². The van der Waals surface area contributed by atoms with Crippen molar-refractivity contribution < 1.29 is 19.4 Å². The molecule has 2 aliphatic heterocycles. The summed E-state index contributed by atoms with van der Waals surface area (Å²) in [4.78, 5) is 38.2. The van der Waals surface area contributed by atoms with Crippen LogP contribution in [0.2, 0.25) is 0 Å². The third-order valence-electron chi connectivity index (χ3n) is 6.90. The van der Waals surface area contributed by atoms with Crippen LogP contribution in [0.4, 0.5) is 0 Å². The summed E-state index contributed by atoms with van der Waals surface area (Å²) in [6, 6.07) is 4.29. The minimum absolute atomic E-state index is 0.0591. The molecule has 3 aliphatic rings. The van der Waals surface area contributed by atoms with Crippen LogP contribution >= 0.6 is 22.9 Å². The average Bonchev–Trinajstić information content (AvgIpc) is 3.56. The van der Waals surface area contributed by atoms with Crippen LogP contribution in [0.3, 0.4) is 0 Å². The molecule has 1 saturated carbocycles. The molecule has 3 fully saturated rings. The number of fused-ring (bicyclic) bond motifs is 1. The first-order valence-corrected chi connectivity index (χ1v) is 12.7. The molecular weight excluding hydrogens is 464 g/mol. The lowest BCUT2D eigenvalue weighted by Gasteiger charge is -2.35. The third kappa shape index (κ3) is 4.51. The van der Waals surface area contributed by atoms with E-state index in [0.717, 1.165) is 42.7 Å². The molecular formula is C23H27ClN4O4S. The first kappa shape index (κ1) is 22.7. The van der Waals surface area contributed by atoms with E-state index in [1.54, 1.807) is 23.2 Å². The molecule has 2 N–H and O–H groups in total. The normalized spacial score (nSPS) is 28.5. The maximum absolute atomic E-state index is 13.7. The van der Waals surface area contributed by atoms with Crippen molar-refractivity contribution in [3.05, 3.63) is 35.6 Å². The molecule has 2 aromatic rings. The lowest BCUT2D eigenvalue weighted by atomic mass is 9.83. The fourth-order valence-corrected chi connectivity index (χ4v) is 6.51. The number of rotatable bonds is 5. The van der Waals surface area contributed by atoms with Crippen LogP contribution in [0.5, 0.6) is 0 Å². The molecule has 0 bridgehead atoms. The topological polar surface area (TPSA) is 105 Å². The van der Waals surface area contributed by atoms with Gasteiger partial charge in [0, 0.05) is 12.7 Å². The van der Waals surface area contributed by atoms with E-state index < -0.39 is 18.2 Å². The summed E-state index contributed by atoms with van der Waals surface area (Å²) < 4.78 is 5.63. The highest BCUT2D eigenvalue weighted by Gasteiger charge is 2.53. The number of likely N-dealkylation sites (tertiary alicyclic amines) is 1. The zero-order chi connectivity index (χ0) is 22.9. The standard InChI is InChI=1S/C23H27ClN4O4S/c24-14-10-28(20-16(29)11-32-21(14)20)23(31)19(13-4-2-1-3-5-13)27-22(30)18-7-6-17(33-18)15-8-9-25-12-26-15/h6-9,12-14,16,19-21,29H,1-5,10-11H2,(H,27,30)/t14-,16-,19-,20+,21+/m0/s1. The number of amides is 2. The molecule has 176 valence electrons. The van der Waals surface area contributed by atoms with Crippen molar-refractivity contribution in [2.75, 3.05) is 13.2 Å². The number of aliphatic hydroxyl groups excluding tert-OH is 1. The fraction of sp³-hybridized carbons (Fsp3) is 0.565. The van der Waals surface area contributed by atoms with Crippen LogP contribution in [0, 0.1) is 5.92 Å². The molecule has 0 spiro atoms. The number of ether oxygens (including phenoxy) is 1. The zero-order valence-electron chi connectivity index (χ0n) is 18.1. The summed E-state index contributed by atoms with van der Waals surface area (Å²) in [5, 5.41) is 13.1. The van der Waals surface area contributed by atoms with Gasteiger partial charge in [-0.25, -0.2) is 9.97 Å². The van der Waals surface area contributed by atoms with Gasteiger partial charge in [-0.2, -0.15) is 0 Å². The molecule has 5 atom stereocenters. The van der Waals surface area contributed by atoms with Gasteiger partial charge in [-0.3, -0.25) is 9.59 Å². The summed E-state index contributed by atoms with van der Waals surface area (Å²) >= 11 is 7.78. The number of thiophene rings is 1. The second-order valence-corrected chi connectivity index (χ2v) is 10.6. The molecule has 4 heterocycles. The van der Waals surface area contributed by atoms with Crippen LogP contribution in [0.15, 0.2) is 30.7 Å². The minimum Gasteiger partial charge on any atom is -0.388 e. The van der Waals surface area contributed by atoms with E-state index in [2.05, 4.69) is 15.3 Å². The van der Waals surface area contributed by atoms with Crippen molar-refractivity contribution >= 4 is 34.8 Å². The third-order valence-corrected chi connectivity index (χ3v) is 8.39. The van der Waals surface area contributed by atoms with Gasteiger partial charge in [-0.05, 0) is 37.0 Å². The molecule has 2 amide bonds. The maximum atomic E-state index is 13.7. The van der Waals surface area contributed by atoms with E-state index in [9.17, 15) is 14.7 Å². The Morgan fingerprint density at radius 1 is 1.24 bits per heavy atom. The second-order valence-electron chi connectivity index (χ2n) is 8.97. The zero-order valence-corrected chi connectivity index (χ0v) is 19.7. The van der Waals surface area contributed by atoms with Crippen molar-refractivity contribution in [3.8, 4) is 10.6 Å².